The number of carboxylic acid groups (broad SMARTS) is 1. The molecule has 0 saturated heterocycles. The van der Waals surface area contributed by atoms with E-state index in [9.17, 15) is 9.90 Å². The number of thioether (sulfide) groups is 1. The van der Waals surface area contributed by atoms with Gasteiger partial charge in [0.1, 0.15) is 5.75 Å². The second-order valence-electron chi connectivity index (χ2n) is 7.00. The van der Waals surface area contributed by atoms with Crippen molar-refractivity contribution in [3.8, 4) is 11.5 Å². The third-order valence-electron chi connectivity index (χ3n) is 4.49. The monoisotopic (exact) mass is 522 g/mol. The van der Waals surface area contributed by atoms with E-state index in [0.29, 0.717) is 16.7 Å². The summed E-state index contributed by atoms with van der Waals surface area (Å²) in [6, 6.07) is 11.9. The quantitative estimate of drug-likeness (QED) is 0.264. The summed E-state index contributed by atoms with van der Waals surface area (Å²) in [5.41, 5.74) is 1.91. The SMILES string of the molecule is Cc1csc(Nc2ncc(SC(C)c3ccccn3)cc2Oc2cc(C(=O)O)ccc2Cl)n1.[H-].[Na+]. The molecule has 11 heteroatoms. The number of ether oxygens (including phenoxy) is 1. The molecule has 0 aliphatic heterocycles. The number of aromatic nitrogens is 3. The van der Waals surface area contributed by atoms with Gasteiger partial charge in [-0.15, -0.1) is 23.1 Å². The van der Waals surface area contributed by atoms with Crippen molar-refractivity contribution < 1.29 is 45.6 Å². The molecular formula is C23H20ClN4NaO3S2. The van der Waals surface area contributed by atoms with Crippen LogP contribution in [0.2, 0.25) is 5.02 Å². The molecule has 170 valence electrons. The number of carbonyl (C=O) groups is 1. The largest absolute Gasteiger partial charge is 1.00 e. The Kier molecular flexibility index (Phi) is 9.35. The molecule has 34 heavy (non-hydrogen) atoms. The van der Waals surface area contributed by atoms with Gasteiger partial charge in [0.2, 0.25) is 0 Å². The van der Waals surface area contributed by atoms with Crippen LogP contribution < -0.4 is 39.6 Å². The molecule has 4 aromatic rings. The van der Waals surface area contributed by atoms with Gasteiger partial charge < -0.3 is 16.6 Å². The fraction of sp³-hybridized carbons (Fsp3) is 0.130. The molecule has 3 aromatic heterocycles. The van der Waals surface area contributed by atoms with E-state index < -0.39 is 5.97 Å². The Hall–Kier alpha value is -2.14. The molecule has 0 bridgehead atoms. The van der Waals surface area contributed by atoms with Crippen molar-refractivity contribution in [2.45, 2.75) is 24.0 Å². The Bertz CT molecular complexity index is 1300. The second-order valence-corrected chi connectivity index (χ2v) is 9.68. The minimum atomic E-state index is -1.07. The van der Waals surface area contributed by atoms with Crippen molar-refractivity contribution in [1.82, 2.24) is 15.0 Å². The van der Waals surface area contributed by atoms with Crippen LogP contribution in [0.3, 0.4) is 0 Å². The van der Waals surface area contributed by atoms with E-state index in [4.69, 9.17) is 16.3 Å². The first-order valence-corrected chi connectivity index (χ1v) is 12.0. The van der Waals surface area contributed by atoms with Crippen LogP contribution in [-0.2, 0) is 0 Å². The van der Waals surface area contributed by atoms with Crippen molar-refractivity contribution in [2.24, 2.45) is 0 Å². The molecule has 0 radical (unpaired) electrons. The number of aromatic carboxylic acids is 1. The first-order chi connectivity index (χ1) is 15.9. The molecule has 4 rings (SSSR count). The van der Waals surface area contributed by atoms with Crippen LogP contribution in [0.15, 0.2) is 65.1 Å². The van der Waals surface area contributed by atoms with Gasteiger partial charge in [-0.05, 0) is 50.2 Å². The Morgan fingerprint density at radius 3 is 2.74 bits per heavy atom. The van der Waals surface area contributed by atoms with Crippen LogP contribution in [0.1, 0.15) is 35.3 Å². The molecule has 0 aliphatic carbocycles. The van der Waals surface area contributed by atoms with Crippen LogP contribution in [0.5, 0.6) is 11.5 Å². The first-order valence-electron chi connectivity index (χ1n) is 9.86. The maximum atomic E-state index is 11.4. The van der Waals surface area contributed by atoms with Crippen molar-refractivity contribution in [2.75, 3.05) is 5.32 Å². The van der Waals surface area contributed by atoms with Gasteiger partial charge in [0.25, 0.3) is 0 Å². The van der Waals surface area contributed by atoms with Gasteiger partial charge in [-0.1, -0.05) is 17.7 Å². The van der Waals surface area contributed by atoms with Gasteiger partial charge in [-0.25, -0.2) is 14.8 Å². The fourth-order valence-corrected chi connectivity index (χ4v) is 4.69. The molecule has 1 atom stereocenters. The van der Waals surface area contributed by atoms with Crippen molar-refractivity contribution >= 4 is 51.6 Å². The van der Waals surface area contributed by atoms with Crippen LogP contribution in [-0.4, -0.2) is 26.0 Å². The van der Waals surface area contributed by atoms with Crippen molar-refractivity contribution in [3.63, 3.8) is 0 Å². The molecule has 2 N–H and O–H groups in total. The Labute approximate surface area is 233 Å². The number of benzene rings is 1. The van der Waals surface area contributed by atoms with Crippen LogP contribution in [0, 0.1) is 6.92 Å². The fourth-order valence-electron chi connectivity index (χ4n) is 2.89. The molecule has 0 spiro atoms. The number of anilines is 2. The summed E-state index contributed by atoms with van der Waals surface area (Å²) < 4.78 is 6.07. The predicted octanol–water partition coefficient (Wildman–Crippen LogP) is 4.10. The van der Waals surface area contributed by atoms with Gasteiger partial charge >= 0.3 is 35.5 Å². The number of aryl methyl sites for hydroxylation is 1. The molecule has 7 nitrogen and oxygen atoms in total. The van der Waals surface area contributed by atoms with Crippen LogP contribution in [0.25, 0.3) is 0 Å². The number of rotatable bonds is 8. The van der Waals surface area contributed by atoms with Gasteiger partial charge in [0.15, 0.2) is 16.7 Å². The summed E-state index contributed by atoms with van der Waals surface area (Å²) in [6.07, 6.45) is 3.51. The number of halogens is 1. The summed E-state index contributed by atoms with van der Waals surface area (Å²) in [4.78, 5) is 25.6. The average Bonchev–Trinajstić information content (AvgIpc) is 3.22. The molecular weight excluding hydrogens is 503 g/mol. The van der Waals surface area contributed by atoms with E-state index in [1.807, 2.05) is 36.6 Å². The Morgan fingerprint density at radius 1 is 1.24 bits per heavy atom. The maximum absolute atomic E-state index is 11.4. The third-order valence-corrected chi connectivity index (χ3v) is 6.77. The molecule has 1 aromatic carbocycles. The normalized spacial score (nSPS) is 11.4. The summed E-state index contributed by atoms with van der Waals surface area (Å²) in [7, 11) is 0. The number of thiazole rings is 1. The maximum Gasteiger partial charge on any atom is 1.00 e. The zero-order chi connectivity index (χ0) is 23.4. The molecule has 1 unspecified atom stereocenters. The third kappa shape index (κ3) is 6.71. The second kappa shape index (κ2) is 12.0. The smallest absolute Gasteiger partial charge is 1.00 e. The zero-order valence-electron chi connectivity index (χ0n) is 19.7. The minimum Gasteiger partial charge on any atom is -1.00 e. The number of hydrogen-bond acceptors (Lipinski definition) is 8. The molecule has 0 saturated carbocycles. The van der Waals surface area contributed by atoms with E-state index in [1.54, 1.807) is 24.2 Å². The number of hydrogen-bond donors (Lipinski definition) is 2. The summed E-state index contributed by atoms with van der Waals surface area (Å²) in [5, 5.41) is 15.5. The van der Waals surface area contributed by atoms with Crippen molar-refractivity contribution in [3.05, 3.63) is 82.2 Å². The number of pyridine rings is 2. The topological polar surface area (TPSA) is 97.2 Å². The Morgan fingerprint density at radius 2 is 2.06 bits per heavy atom. The Balaban J connectivity index is 0.00000216. The zero-order valence-corrected chi connectivity index (χ0v) is 23.0. The van der Waals surface area contributed by atoms with E-state index in [0.717, 1.165) is 16.3 Å². The molecule has 0 amide bonds. The number of carboxylic acids is 1. The van der Waals surface area contributed by atoms with E-state index in [2.05, 4.69) is 27.2 Å². The van der Waals surface area contributed by atoms with E-state index >= 15 is 0 Å². The van der Waals surface area contributed by atoms with Gasteiger partial charge in [0.05, 0.1) is 22.0 Å². The average molecular weight is 523 g/mol. The van der Waals surface area contributed by atoms with Gasteiger partial charge in [0, 0.05) is 27.9 Å². The van der Waals surface area contributed by atoms with E-state index in [1.165, 1.54) is 29.5 Å². The number of nitrogens with one attached hydrogen (secondary N) is 1. The standard InChI is InChI=1S/C23H19ClN4O3S2.Na.H/c1-13-12-32-23(27-13)28-21-20(31-19-9-15(22(29)30)6-7-17(19)24)10-16(11-26-21)33-14(2)18-5-3-4-8-25-18;;/h3-12,14H,1-2H3,(H,29,30)(H,26,27,28);;/q;+1;-1. The molecule has 0 aliphatic rings. The van der Waals surface area contributed by atoms with Crippen LogP contribution >= 0.6 is 34.7 Å². The minimum absolute atomic E-state index is 0. The number of nitrogens with zero attached hydrogens (tertiary/aromatic N) is 3. The molecule has 0 fully saturated rings. The van der Waals surface area contributed by atoms with Gasteiger partial charge in [-0.2, -0.15) is 0 Å². The van der Waals surface area contributed by atoms with Gasteiger partial charge in [-0.3, -0.25) is 4.98 Å². The summed E-state index contributed by atoms with van der Waals surface area (Å²) in [6.45, 7) is 3.97. The predicted molar refractivity (Wildman–Crippen MR) is 132 cm³/mol. The van der Waals surface area contributed by atoms with Crippen molar-refractivity contribution in [1.29, 1.82) is 0 Å². The molecule has 3 heterocycles. The summed E-state index contributed by atoms with van der Waals surface area (Å²) in [5.74, 6) is -0.0158. The van der Waals surface area contributed by atoms with Crippen LogP contribution in [0.4, 0.5) is 10.9 Å². The summed E-state index contributed by atoms with van der Waals surface area (Å²) >= 11 is 9.31. The van der Waals surface area contributed by atoms with E-state index in [-0.39, 0.29) is 52.6 Å². The first kappa shape index (κ1) is 26.5.